The first kappa shape index (κ1) is 20.7. The van der Waals surface area contributed by atoms with Crippen molar-refractivity contribution in [1.82, 2.24) is 14.4 Å². The number of alkyl halides is 2. The molecule has 3 aromatic heterocycles. The molecule has 5 rings (SSSR count). The molecule has 10 heteroatoms. The standard InChI is InChI=1S/C23H19F2N5O3/c1-2-32-20-10-3-15-13-29(17-6-9-19-26-11-12-28(19)14-17)23(31)30(21(15)27-20)16-4-7-18(8-5-16)33-22(24)25/h3-12,14,22H,2,13H2,1H3. The lowest BCUT2D eigenvalue weighted by Crippen LogP contribution is -2.45. The van der Waals surface area contributed by atoms with E-state index in [1.807, 2.05) is 35.7 Å². The summed E-state index contributed by atoms with van der Waals surface area (Å²) >= 11 is 0. The van der Waals surface area contributed by atoms with Gasteiger partial charge in [0.05, 0.1) is 24.5 Å². The van der Waals surface area contributed by atoms with Gasteiger partial charge in [-0.25, -0.2) is 14.7 Å². The number of amides is 2. The minimum Gasteiger partial charge on any atom is -0.478 e. The number of halogens is 2. The first-order chi connectivity index (χ1) is 16.0. The Bertz CT molecular complexity index is 1310. The highest BCUT2D eigenvalue weighted by atomic mass is 19.3. The lowest BCUT2D eigenvalue weighted by atomic mass is 10.1. The van der Waals surface area contributed by atoms with E-state index in [0.29, 0.717) is 36.2 Å². The zero-order chi connectivity index (χ0) is 22.9. The highest BCUT2D eigenvalue weighted by Gasteiger charge is 2.34. The average molecular weight is 451 g/mol. The number of hydrogen-bond donors (Lipinski definition) is 0. The van der Waals surface area contributed by atoms with Crippen molar-refractivity contribution in [3.05, 3.63) is 72.7 Å². The molecule has 1 aliphatic rings. The van der Waals surface area contributed by atoms with Gasteiger partial charge in [-0.2, -0.15) is 13.8 Å². The number of nitrogens with zero attached hydrogens (tertiary/aromatic N) is 5. The summed E-state index contributed by atoms with van der Waals surface area (Å²) in [5.41, 5.74) is 2.69. The number of imidazole rings is 1. The van der Waals surface area contributed by atoms with Crippen LogP contribution in [0.4, 0.5) is 30.8 Å². The highest BCUT2D eigenvalue weighted by Crippen LogP contribution is 2.37. The minimum atomic E-state index is -2.93. The topological polar surface area (TPSA) is 72.2 Å². The molecule has 0 bridgehead atoms. The Labute approximate surface area is 187 Å². The van der Waals surface area contributed by atoms with E-state index in [1.54, 1.807) is 23.4 Å². The maximum atomic E-state index is 13.7. The minimum absolute atomic E-state index is 0.00289. The molecule has 0 saturated carbocycles. The number of pyridine rings is 2. The molecule has 8 nitrogen and oxygen atoms in total. The molecule has 1 aliphatic heterocycles. The summed E-state index contributed by atoms with van der Waals surface area (Å²) in [6.07, 6.45) is 5.31. The maximum Gasteiger partial charge on any atom is 0.387 e. The molecule has 0 atom stereocenters. The fourth-order valence-electron chi connectivity index (χ4n) is 3.73. The maximum absolute atomic E-state index is 13.7. The molecule has 0 saturated heterocycles. The van der Waals surface area contributed by atoms with E-state index in [2.05, 4.69) is 14.7 Å². The van der Waals surface area contributed by atoms with Crippen LogP contribution in [0.3, 0.4) is 0 Å². The Morgan fingerprint density at radius 1 is 1.06 bits per heavy atom. The van der Waals surface area contributed by atoms with Crippen LogP contribution in [0.25, 0.3) is 5.65 Å². The predicted octanol–water partition coefficient (Wildman–Crippen LogP) is 5.01. The number of rotatable bonds is 6. The average Bonchev–Trinajstić information content (AvgIpc) is 3.27. The summed E-state index contributed by atoms with van der Waals surface area (Å²) in [6.45, 7) is -0.357. The molecule has 0 fully saturated rings. The number of aromatic nitrogens is 3. The number of urea groups is 1. The van der Waals surface area contributed by atoms with Crippen molar-refractivity contribution in [3.8, 4) is 11.6 Å². The third kappa shape index (κ3) is 3.91. The molecule has 33 heavy (non-hydrogen) atoms. The van der Waals surface area contributed by atoms with Gasteiger partial charge in [0.25, 0.3) is 0 Å². The van der Waals surface area contributed by atoms with Crippen molar-refractivity contribution in [2.24, 2.45) is 0 Å². The first-order valence-corrected chi connectivity index (χ1v) is 10.3. The summed E-state index contributed by atoms with van der Waals surface area (Å²) in [6, 6.07) is 12.8. The Morgan fingerprint density at radius 2 is 1.85 bits per heavy atom. The number of ether oxygens (including phenoxy) is 2. The van der Waals surface area contributed by atoms with E-state index < -0.39 is 6.61 Å². The van der Waals surface area contributed by atoms with E-state index in [4.69, 9.17) is 4.74 Å². The molecule has 2 amide bonds. The Morgan fingerprint density at radius 3 is 2.61 bits per heavy atom. The second-order valence-electron chi connectivity index (χ2n) is 7.22. The van der Waals surface area contributed by atoms with Gasteiger partial charge in [0.15, 0.2) is 0 Å². The van der Waals surface area contributed by atoms with E-state index in [-0.39, 0.29) is 11.8 Å². The largest absolute Gasteiger partial charge is 0.478 e. The fourth-order valence-corrected chi connectivity index (χ4v) is 3.73. The molecule has 4 aromatic rings. The SMILES string of the molecule is CCOc1ccc2c(n1)N(c1ccc(OC(F)F)cc1)C(=O)N(c1ccc3nccn3c1)C2. The van der Waals surface area contributed by atoms with Crippen LogP contribution in [0, 0.1) is 0 Å². The number of anilines is 3. The molecule has 0 N–H and O–H groups in total. The van der Waals surface area contributed by atoms with Gasteiger partial charge in [0, 0.05) is 30.2 Å². The van der Waals surface area contributed by atoms with Gasteiger partial charge in [-0.3, -0.25) is 4.90 Å². The van der Waals surface area contributed by atoms with Gasteiger partial charge in [-0.15, -0.1) is 0 Å². The van der Waals surface area contributed by atoms with Gasteiger partial charge in [-0.1, -0.05) is 0 Å². The van der Waals surface area contributed by atoms with Crippen LogP contribution in [0.2, 0.25) is 0 Å². The zero-order valence-corrected chi connectivity index (χ0v) is 17.6. The van der Waals surface area contributed by atoms with Crippen molar-refractivity contribution >= 4 is 28.9 Å². The van der Waals surface area contributed by atoms with E-state index >= 15 is 0 Å². The summed E-state index contributed by atoms with van der Waals surface area (Å²) in [5, 5.41) is 0. The van der Waals surface area contributed by atoms with Crippen molar-refractivity contribution in [2.75, 3.05) is 16.4 Å². The van der Waals surface area contributed by atoms with Crippen molar-refractivity contribution in [1.29, 1.82) is 0 Å². The van der Waals surface area contributed by atoms with E-state index in [0.717, 1.165) is 11.2 Å². The molecule has 168 valence electrons. The molecule has 0 unspecified atom stereocenters. The van der Waals surface area contributed by atoms with Crippen LogP contribution in [0.5, 0.6) is 11.6 Å². The molecular weight excluding hydrogens is 432 g/mol. The van der Waals surface area contributed by atoms with Crippen LogP contribution in [-0.4, -0.2) is 33.6 Å². The third-order valence-corrected chi connectivity index (χ3v) is 5.19. The first-order valence-electron chi connectivity index (χ1n) is 10.3. The third-order valence-electron chi connectivity index (χ3n) is 5.19. The van der Waals surface area contributed by atoms with E-state index in [9.17, 15) is 13.6 Å². The van der Waals surface area contributed by atoms with Crippen molar-refractivity contribution < 1.29 is 23.0 Å². The van der Waals surface area contributed by atoms with Gasteiger partial charge in [-0.05, 0) is 49.4 Å². The summed E-state index contributed by atoms with van der Waals surface area (Å²) in [7, 11) is 0. The van der Waals surface area contributed by atoms with Crippen LogP contribution < -0.4 is 19.3 Å². The lowest BCUT2D eigenvalue weighted by molar-refractivity contribution is -0.0498. The van der Waals surface area contributed by atoms with Crippen LogP contribution in [0.15, 0.2) is 67.1 Å². The Kier molecular flexibility index (Phi) is 5.25. The van der Waals surface area contributed by atoms with Crippen LogP contribution >= 0.6 is 0 Å². The van der Waals surface area contributed by atoms with Crippen LogP contribution in [0.1, 0.15) is 12.5 Å². The summed E-state index contributed by atoms with van der Waals surface area (Å²) < 4.78 is 36.9. The number of carbonyl (C=O) groups is 1. The molecular formula is C23H19F2N5O3. The molecule has 0 radical (unpaired) electrons. The van der Waals surface area contributed by atoms with Gasteiger partial charge in [0.1, 0.15) is 17.2 Å². The predicted molar refractivity (Wildman–Crippen MR) is 117 cm³/mol. The quantitative estimate of drug-likeness (QED) is 0.412. The summed E-state index contributed by atoms with van der Waals surface area (Å²) in [5.74, 6) is 0.810. The van der Waals surface area contributed by atoms with Crippen LogP contribution in [-0.2, 0) is 6.54 Å². The summed E-state index contributed by atoms with van der Waals surface area (Å²) in [4.78, 5) is 25.5. The smallest absolute Gasteiger partial charge is 0.387 e. The van der Waals surface area contributed by atoms with Crippen molar-refractivity contribution in [3.63, 3.8) is 0 Å². The van der Waals surface area contributed by atoms with Gasteiger partial charge < -0.3 is 13.9 Å². The van der Waals surface area contributed by atoms with E-state index in [1.165, 1.54) is 29.2 Å². The fraction of sp³-hybridized carbons (Fsp3) is 0.174. The number of fused-ring (bicyclic) bond motifs is 2. The normalized spacial score (nSPS) is 13.5. The molecule has 0 aliphatic carbocycles. The van der Waals surface area contributed by atoms with Gasteiger partial charge in [0.2, 0.25) is 5.88 Å². The monoisotopic (exact) mass is 451 g/mol. The number of benzene rings is 1. The Balaban J connectivity index is 1.58. The second-order valence-corrected chi connectivity index (χ2v) is 7.22. The molecule has 1 aromatic carbocycles. The second kappa shape index (κ2) is 8.38. The molecule has 0 spiro atoms. The van der Waals surface area contributed by atoms with Crippen molar-refractivity contribution in [2.45, 2.75) is 20.1 Å². The number of carbonyl (C=O) groups excluding carboxylic acids is 1. The lowest BCUT2D eigenvalue weighted by Gasteiger charge is -2.36. The molecule has 4 heterocycles. The highest BCUT2D eigenvalue weighted by molar-refractivity contribution is 6.10. The zero-order valence-electron chi connectivity index (χ0n) is 17.6. The Hall–Kier alpha value is -4.21. The van der Waals surface area contributed by atoms with Gasteiger partial charge >= 0.3 is 12.6 Å². The number of hydrogen-bond acceptors (Lipinski definition) is 5.